The summed E-state index contributed by atoms with van der Waals surface area (Å²) < 4.78 is 50.5. The van der Waals surface area contributed by atoms with Crippen molar-refractivity contribution in [1.82, 2.24) is 15.1 Å². The lowest BCUT2D eigenvalue weighted by Crippen LogP contribution is -2.34. The fraction of sp³-hybridized carbons (Fsp3) is 0.545. The van der Waals surface area contributed by atoms with Crippen LogP contribution in [-0.2, 0) is 20.4 Å². The number of fused-ring (bicyclic) bond motifs is 1. The maximum Gasteiger partial charge on any atom is 0.416 e. The standard InChI is InChI=1S/C22H27F3N4O3/c1-2-6-32-20-12-29(16-5-7-31-13-16)11-14(20)8-17(30)10-26-21-18-9-15(22(23,24)25)3-4-19(18)27-28-21/h2-4,9,14,16,20H,1,5-8,10-13H2,(H2,26,27,28)/t14?,16?,20-/m0/s1. The van der Waals surface area contributed by atoms with Crippen molar-refractivity contribution >= 4 is 22.5 Å². The molecule has 2 aliphatic heterocycles. The molecule has 4 rings (SSSR count). The lowest BCUT2D eigenvalue weighted by Gasteiger charge is -2.21. The molecule has 2 N–H and O–H groups in total. The van der Waals surface area contributed by atoms with Gasteiger partial charge in [-0.3, -0.25) is 14.8 Å². The maximum absolute atomic E-state index is 13.0. The zero-order valence-corrected chi connectivity index (χ0v) is 17.7. The second-order valence-corrected chi connectivity index (χ2v) is 8.32. The number of hydrogen-bond acceptors (Lipinski definition) is 6. The van der Waals surface area contributed by atoms with Crippen LogP contribution in [0.1, 0.15) is 18.4 Å². The number of carbonyl (C=O) groups excluding carboxylic acids is 1. The number of ketones is 1. The van der Waals surface area contributed by atoms with Crippen LogP contribution < -0.4 is 5.32 Å². The molecule has 0 amide bonds. The topological polar surface area (TPSA) is 79.5 Å². The Labute approximate surface area is 183 Å². The van der Waals surface area contributed by atoms with Crippen LogP contribution in [0.5, 0.6) is 0 Å². The Bertz CT molecular complexity index is 956. The number of carbonyl (C=O) groups is 1. The van der Waals surface area contributed by atoms with Crippen LogP contribution in [0.2, 0.25) is 0 Å². The molecule has 0 aliphatic carbocycles. The number of aromatic nitrogens is 2. The van der Waals surface area contributed by atoms with Gasteiger partial charge < -0.3 is 14.8 Å². The van der Waals surface area contributed by atoms with Gasteiger partial charge in [0.05, 0.1) is 36.9 Å². The van der Waals surface area contributed by atoms with E-state index in [9.17, 15) is 18.0 Å². The van der Waals surface area contributed by atoms with E-state index in [2.05, 4.69) is 27.0 Å². The van der Waals surface area contributed by atoms with Crippen molar-refractivity contribution in [3.05, 3.63) is 36.4 Å². The van der Waals surface area contributed by atoms with Crippen LogP contribution in [0, 0.1) is 5.92 Å². The van der Waals surface area contributed by atoms with Crippen LogP contribution in [0.25, 0.3) is 10.9 Å². The van der Waals surface area contributed by atoms with Crippen molar-refractivity contribution in [2.45, 2.75) is 31.2 Å². The summed E-state index contributed by atoms with van der Waals surface area (Å²) in [5.74, 6) is 0.225. The number of likely N-dealkylation sites (tertiary alicyclic amines) is 1. The van der Waals surface area contributed by atoms with E-state index in [1.165, 1.54) is 6.07 Å². The molecule has 32 heavy (non-hydrogen) atoms. The molecule has 7 nitrogen and oxygen atoms in total. The molecule has 0 spiro atoms. The fourth-order valence-corrected chi connectivity index (χ4v) is 4.43. The van der Waals surface area contributed by atoms with Gasteiger partial charge in [-0.05, 0) is 24.6 Å². The number of nitrogens with zero attached hydrogens (tertiary/aromatic N) is 2. The van der Waals surface area contributed by atoms with Crippen LogP contribution in [0.4, 0.5) is 19.0 Å². The first kappa shape index (κ1) is 22.8. The van der Waals surface area contributed by atoms with Gasteiger partial charge in [0.1, 0.15) is 0 Å². The molecule has 174 valence electrons. The van der Waals surface area contributed by atoms with Crippen LogP contribution in [0.15, 0.2) is 30.9 Å². The van der Waals surface area contributed by atoms with Gasteiger partial charge in [-0.2, -0.15) is 18.3 Å². The lowest BCUT2D eigenvalue weighted by molar-refractivity contribution is -0.137. The quantitative estimate of drug-likeness (QED) is 0.569. The van der Waals surface area contributed by atoms with Crippen LogP contribution in [0.3, 0.4) is 0 Å². The molecule has 1 aromatic carbocycles. The number of anilines is 1. The van der Waals surface area contributed by atoms with E-state index in [0.29, 0.717) is 36.6 Å². The molecule has 10 heteroatoms. The average Bonchev–Trinajstić information content (AvgIpc) is 3.49. The molecule has 2 saturated heterocycles. The summed E-state index contributed by atoms with van der Waals surface area (Å²) in [5.41, 5.74) is -0.291. The van der Waals surface area contributed by atoms with Gasteiger partial charge in [-0.1, -0.05) is 6.08 Å². The summed E-state index contributed by atoms with van der Waals surface area (Å²) >= 11 is 0. The second-order valence-electron chi connectivity index (χ2n) is 8.32. The van der Waals surface area contributed by atoms with Gasteiger partial charge in [0.2, 0.25) is 0 Å². The maximum atomic E-state index is 13.0. The largest absolute Gasteiger partial charge is 0.416 e. The van der Waals surface area contributed by atoms with Gasteiger partial charge in [-0.25, -0.2) is 0 Å². The Morgan fingerprint density at radius 3 is 2.97 bits per heavy atom. The number of Topliss-reactive ketones (excluding diaryl/α,β-unsaturated/α-hetero) is 1. The van der Waals surface area contributed by atoms with Gasteiger partial charge in [0.25, 0.3) is 0 Å². The minimum Gasteiger partial charge on any atom is -0.380 e. The van der Waals surface area contributed by atoms with E-state index in [1.54, 1.807) is 6.08 Å². The lowest BCUT2D eigenvalue weighted by atomic mass is 9.99. The first-order chi connectivity index (χ1) is 15.3. The second kappa shape index (κ2) is 9.60. The molecule has 1 aromatic heterocycles. The van der Waals surface area contributed by atoms with E-state index >= 15 is 0 Å². The van der Waals surface area contributed by atoms with E-state index in [-0.39, 0.29) is 30.2 Å². The number of alkyl halides is 3. The minimum atomic E-state index is -4.45. The first-order valence-electron chi connectivity index (χ1n) is 10.7. The molecular formula is C22H27F3N4O3. The first-order valence-corrected chi connectivity index (χ1v) is 10.7. The molecule has 2 aromatic rings. The number of benzene rings is 1. The summed E-state index contributed by atoms with van der Waals surface area (Å²) in [7, 11) is 0. The Balaban J connectivity index is 1.37. The number of rotatable bonds is 9. The SMILES string of the molecule is C=CCO[C@H]1CN(C2CCOC2)CC1CC(=O)CNc1n[nH]c2ccc(C(F)(F)F)cc12. The molecule has 3 heterocycles. The Kier molecular flexibility index (Phi) is 6.82. The monoisotopic (exact) mass is 452 g/mol. The third kappa shape index (κ3) is 5.13. The van der Waals surface area contributed by atoms with E-state index in [4.69, 9.17) is 9.47 Å². The van der Waals surface area contributed by atoms with Crippen molar-refractivity contribution < 1.29 is 27.4 Å². The van der Waals surface area contributed by atoms with Gasteiger partial charge in [0, 0.05) is 43.5 Å². The molecule has 2 aliphatic rings. The highest BCUT2D eigenvalue weighted by Gasteiger charge is 2.38. The van der Waals surface area contributed by atoms with Crippen LogP contribution >= 0.6 is 0 Å². The fourth-order valence-electron chi connectivity index (χ4n) is 4.43. The Morgan fingerprint density at radius 2 is 2.25 bits per heavy atom. The minimum absolute atomic E-state index is 0.0204. The molecule has 2 fully saturated rings. The van der Waals surface area contributed by atoms with Gasteiger partial charge in [0.15, 0.2) is 11.6 Å². The zero-order chi connectivity index (χ0) is 22.7. The number of ether oxygens (including phenoxy) is 2. The summed E-state index contributed by atoms with van der Waals surface area (Å²) in [6.07, 6.45) is -1.53. The van der Waals surface area contributed by atoms with Crippen molar-refractivity contribution in [1.29, 1.82) is 0 Å². The third-order valence-corrected chi connectivity index (χ3v) is 6.09. The highest BCUT2D eigenvalue weighted by atomic mass is 19.4. The molecule has 0 bridgehead atoms. The van der Waals surface area contributed by atoms with Crippen LogP contribution in [-0.4, -0.2) is 72.5 Å². The van der Waals surface area contributed by atoms with E-state index in [0.717, 1.165) is 38.2 Å². The summed E-state index contributed by atoms with van der Waals surface area (Å²) in [6, 6.07) is 3.71. The zero-order valence-electron chi connectivity index (χ0n) is 17.7. The number of H-pyrrole nitrogens is 1. The Hall–Kier alpha value is -2.43. The highest BCUT2D eigenvalue weighted by Crippen LogP contribution is 2.33. The smallest absolute Gasteiger partial charge is 0.380 e. The third-order valence-electron chi connectivity index (χ3n) is 6.09. The molecule has 0 saturated carbocycles. The summed E-state index contributed by atoms with van der Waals surface area (Å²) in [6.45, 7) is 7.04. The number of halogens is 3. The highest BCUT2D eigenvalue weighted by molar-refractivity contribution is 5.92. The van der Waals surface area contributed by atoms with Gasteiger partial charge >= 0.3 is 6.18 Å². The Morgan fingerprint density at radius 1 is 1.41 bits per heavy atom. The van der Waals surface area contributed by atoms with E-state index < -0.39 is 11.7 Å². The van der Waals surface area contributed by atoms with Gasteiger partial charge in [-0.15, -0.1) is 6.58 Å². The predicted molar refractivity (Wildman–Crippen MR) is 113 cm³/mol. The number of hydrogen-bond donors (Lipinski definition) is 2. The van der Waals surface area contributed by atoms with E-state index in [1.807, 2.05) is 0 Å². The normalized spacial score (nSPS) is 24.3. The molecule has 0 radical (unpaired) electrons. The molecule has 3 atom stereocenters. The van der Waals surface area contributed by atoms with Crippen molar-refractivity contribution in [3.63, 3.8) is 0 Å². The summed E-state index contributed by atoms with van der Waals surface area (Å²) in [5, 5.41) is 9.91. The number of nitrogens with one attached hydrogen (secondary N) is 2. The summed E-state index contributed by atoms with van der Waals surface area (Å²) in [4.78, 5) is 15.0. The molecule has 2 unspecified atom stereocenters. The van der Waals surface area contributed by atoms with Crippen molar-refractivity contribution in [2.75, 3.05) is 44.8 Å². The number of aromatic amines is 1. The van der Waals surface area contributed by atoms with Crippen molar-refractivity contribution in [3.8, 4) is 0 Å². The molecular weight excluding hydrogens is 425 g/mol. The average molecular weight is 452 g/mol. The predicted octanol–water partition coefficient (Wildman–Crippen LogP) is 3.24. The van der Waals surface area contributed by atoms with Crippen molar-refractivity contribution in [2.24, 2.45) is 5.92 Å².